The topological polar surface area (TPSA) is 12.9 Å². The Kier molecular flexibility index (Phi) is 2.33. The van der Waals surface area contributed by atoms with E-state index in [-0.39, 0.29) is 5.82 Å². The van der Waals surface area contributed by atoms with Gasteiger partial charge >= 0.3 is 0 Å². The molecule has 1 aromatic heterocycles. The standard InChI is InChI=1S/C11H9FNS/c1-7-8(2)14-11(13-7)9-4-3-5-10(12)6-9/h3-6H,1H2,2H3. The van der Waals surface area contributed by atoms with Gasteiger partial charge in [-0.15, -0.1) is 11.3 Å². The summed E-state index contributed by atoms with van der Waals surface area (Å²) >= 11 is 1.54. The molecule has 0 spiro atoms. The van der Waals surface area contributed by atoms with Crippen LogP contribution in [0.1, 0.15) is 10.6 Å². The average Bonchev–Trinajstić information content (AvgIpc) is 2.47. The van der Waals surface area contributed by atoms with E-state index in [0.29, 0.717) is 0 Å². The molecule has 0 saturated heterocycles. The molecule has 1 radical (unpaired) electrons. The lowest BCUT2D eigenvalue weighted by atomic mass is 10.2. The molecule has 1 heterocycles. The highest BCUT2D eigenvalue weighted by Crippen LogP contribution is 2.27. The fraction of sp³-hybridized carbons (Fsp3) is 0.0909. The maximum absolute atomic E-state index is 12.9. The van der Waals surface area contributed by atoms with Gasteiger partial charge in [0.05, 0.1) is 5.69 Å². The molecule has 0 saturated carbocycles. The third kappa shape index (κ3) is 1.68. The second-order valence-corrected chi connectivity index (χ2v) is 4.24. The van der Waals surface area contributed by atoms with Crippen molar-refractivity contribution >= 4 is 11.3 Å². The van der Waals surface area contributed by atoms with E-state index >= 15 is 0 Å². The van der Waals surface area contributed by atoms with E-state index in [1.54, 1.807) is 6.07 Å². The molecule has 71 valence electrons. The second-order valence-electron chi connectivity index (χ2n) is 3.03. The van der Waals surface area contributed by atoms with Crippen molar-refractivity contribution in [3.05, 3.63) is 47.6 Å². The predicted molar refractivity (Wildman–Crippen MR) is 56.7 cm³/mol. The maximum atomic E-state index is 12.9. The zero-order valence-corrected chi connectivity index (χ0v) is 8.57. The largest absolute Gasteiger partial charge is 0.241 e. The molecule has 0 bridgehead atoms. The Morgan fingerprint density at radius 1 is 1.43 bits per heavy atom. The summed E-state index contributed by atoms with van der Waals surface area (Å²) in [5, 5.41) is 0.826. The third-order valence-corrected chi connectivity index (χ3v) is 3.03. The van der Waals surface area contributed by atoms with Crippen LogP contribution in [0.15, 0.2) is 24.3 Å². The number of nitrogens with zero attached hydrogens (tertiary/aromatic N) is 1. The van der Waals surface area contributed by atoms with Crippen LogP contribution in [-0.4, -0.2) is 4.98 Å². The lowest BCUT2D eigenvalue weighted by molar-refractivity contribution is 0.628. The van der Waals surface area contributed by atoms with E-state index in [4.69, 9.17) is 0 Å². The quantitative estimate of drug-likeness (QED) is 0.696. The lowest BCUT2D eigenvalue weighted by Gasteiger charge is -1.94. The Hall–Kier alpha value is -1.22. The first-order chi connectivity index (χ1) is 6.66. The minimum absolute atomic E-state index is 0.235. The van der Waals surface area contributed by atoms with Gasteiger partial charge < -0.3 is 0 Å². The first kappa shape index (κ1) is 9.34. The van der Waals surface area contributed by atoms with Gasteiger partial charge in [-0.05, 0) is 26.0 Å². The maximum Gasteiger partial charge on any atom is 0.123 e. The molecule has 0 aliphatic rings. The predicted octanol–water partition coefficient (Wildman–Crippen LogP) is 3.44. The van der Waals surface area contributed by atoms with E-state index < -0.39 is 0 Å². The summed E-state index contributed by atoms with van der Waals surface area (Å²) in [6, 6.07) is 6.44. The van der Waals surface area contributed by atoms with Crippen LogP contribution in [0.2, 0.25) is 0 Å². The highest BCUT2D eigenvalue weighted by Gasteiger charge is 2.06. The van der Waals surface area contributed by atoms with Gasteiger partial charge in [-0.1, -0.05) is 12.1 Å². The van der Waals surface area contributed by atoms with E-state index in [0.717, 1.165) is 21.1 Å². The van der Waals surface area contributed by atoms with E-state index in [1.807, 2.05) is 13.0 Å². The highest BCUT2D eigenvalue weighted by molar-refractivity contribution is 7.15. The molecule has 0 N–H and O–H groups in total. The number of thiazole rings is 1. The fourth-order valence-corrected chi connectivity index (χ4v) is 2.03. The minimum atomic E-state index is -0.235. The van der Waals surface area contributed by atoms with Gasteiger partial charge in [0.1, 0.15) is 10.8 Å². The number of benzene rings is 1. The smallest absolute Gasteiger partial charge is 0.123 e. The van der Waals surface area contributed by atoms with Crippen molar-refractivity contribution < 1.29 is 4.39 Å². The van der Waals surface area contributed by atoms with Crippen LogP contribution in [-0.2, 0) is 0 Å². The molecular weight excluding hydrogens is 197 g/mol. The van der Waals surface area contributed by atoms with Crippen LogP contribution in [0.4, 0.5) is 4.39 Å². The number of aromatic nitrogens is 1. The van der Waals surface area contributed by atoms with Crippen molar-refractivity contribution in [3.8, 4) is 10.6 Å². The Bertz CT molecular complexity index is 443. The molecule has 2 aromatic rings. The molecule has 0 aliphatic heterocycles. The summed E-state index contributed by atoms with van der Waals surface area (Å²) in [5.74, 6) is -0.235. The molecule has 1 aromatic carbocycles. The lowest BCUT2D eigenvalue weighted by Crippen LogP contribution is -1.79. The van der Waals surface area contributed by atoms with Crippen LogP contribution in [0, 0.1) is 19.7 Å². The molecule has 1 nitrogen and oxygen atoms in total. The van der Waals surface area contributed by atoms with Gasteiger partial charge in [-0.3, -0.25) is 0 Å². The van der Waals surface area contributed by atoms with Crippen LogP contribution in [0.5, 0.6) is 0 Å². The Morgan fingerprint density at radius 3 is 2.79 bits per heavy atom. The van der Waals surface area contributed by atoms with Gasteiger partial charge in [0.15, 0.2) is 0 Å². The fourth-order valence-electron chi connectivity index (χ4n) is 1.17. The Morgan fingerprint density at radius 2 is 2.21 bits per heavy atom. The molecule has 0 fully saturated rings. The van der Waals surface area contributed by atoms with Gasteiger partial charge in [-0.25, -0.2) is 9.37 Å². The van der Waals surface area contributed by atoms with Gasteiger partial charge in [0.25, 0.3) is 0 Å². The van der Waals surface area contributed by atoms with Crippen LogP contribution in [0.3, 0.4) is 0 Å². The molecular formula is C11H9FNS. The molecule has 2 rings (SSSR count). The summed E-state index contributed by atoms with van der Waals surface area (Å²) in [6.07, 6.45) is 0. The summed E-state index contributed by atoms with van der Waals surface area (Å²) in [6.45, 7) is 5.76. The van der Waals surface area contributed by atoms with Crippen LogP contribution >= 0.6 is 11.3 Å². The van der Waals surface area contributed by atoms with E-state index in [1.165, 1.54) is 23.5 Å². The number of halogens is 1. The van der Waals surface area contributed by atoms with Gasteiger partial charge in [0, 0.05) is 10.4 Å². The summed E-state index contributed by atoms with van der Waals surface area (Å²) < 4.78 is 12.9. The highest BCUT2D eigenvalue weighted by atomic mass is 32.1. The second kappa shape index (κ2) is 3.50. The van der Waals surface area contributed by atoms with Crippen molar-refractivity contribution in [2.75, 3.05) is 0 Å². The molecule has 0 aliphatic carbocycles. The average molecular weight is 206 g/mol. The third-order valence-electron chi connectivity index (χ3n) is 1.96. The zero-order valence-electron chi connectivity index (χ0n) is 7.75. The summed E-state index contributed by atoms with van der Waals surface area (Å²) in [5.41, 5.74) is 1.59. The first-order valence-corrected chi connectivity index (χ1v) is 5.04. The van der Waals surface area contributed by atoms with Crippen LogP contribution in [0.25, 0.3) is 10.6 Å². The number of hydrogen-bond donors (Lipinski definition) is 0. The molecule has 3 heteroatoms. The summed E-state index contributed by atoms with van der Waals surface area (Å²) in [7, 11) is 0. The van der Waals surface area contributed by atoms with Crippen molar-refractivity contribution in [1.29, 1.82) is 0 Å². The van der Waals surface area contributed by atoms with E-state index in [9.17, 15) is 4.39 Å². The van der Waals surface area contributed by atoms with Crippen molar-refractivity contribution in [1.82, 2.24) is 4.98 Å². The monoisotopic (exact) mass is 206 g/mol. The first-order valence-electron chi connectivity index (χ1n) is 4.22. The molecule has 0 atom stereocenters. The van der Waals surface area contributed by atoms with Crippen molar-refractivity contribution in [3.63, 3.8) is 0 Å². The zero-order chi connectivity index (χ0) is 10.1. The van der Waals surface area contributed by atoms with Crippen LogP contribution < -0.4 is 0 Å². The Labute approximate surface area is 86.2 Å². The van der Waals surface area contributed by atoms with Gasteiger partial charge in [-0.2, -0.15) is 0 Å². The number of aryl methyl sites for hydroxylation is 1. The number of hydrogen-bond acceptors (Lipinski definition) is 2. The van der Waals surface area contributed by atoms with Gasteiger partial charge in [0.2, 0.25) is 0 Å². The van der Waals surface area contributed by atoms with Crippen molar-refractivity contribution in [2.45, 2.75) is 6.92 Å². The minimum Gasteiger partial charge on any atom is -0.241 e. The molecule has 14 heavy (non-hydrogen) atoms. The SMILES string of the molecule is [CH2]c1nc(-c2cccc(F)c2)sc1C. The molecule has 0 amide bonds. The Balaban J connectivity index is 2.49. The molecule has 0 unspecified atom stereocenters. The summed E-state index contributed by atoms with van der Waals surface area (Å²) in [4.78, 5) is 5.34. The van der Waals surface area contributed by atoms with Crippen molar-refractivity contribution in [2.24, 2.45) is 0 Å². The normalized spacial score (nSPS) is 10.5. The number of rotatable bonds is 1. The van der Waals surface area contributed by atoms with E-state index in [2.05, 4.69) is 11.9 Å².